The lowest BCUT2D eigenvalue weighted by Gasteiger charge is -2.24. The van der Waals surface area contributed by atoms with Gasteiger partial charge >= 0.3 is 6.09 Å². The van der Waals surface area contributed by atoms with Crippen LogP contribution < -0.4 is 10.6 Å². The number of hydrogen-bond donors (Lipinski definition) is 2. The van der Waals surface area contributed by atoms with Gasteiger partial charge in [0, 0.05) is 22.5 Å². The number of carbonyl (C=O) groups is 3. The molecule has 10 heteroatoms. The number of aromatic nitrogens is 1. The Morgan fingerprint density at radius 2 is 1.75 bits per heavy atom. The second kappa shape index (κ2) is 12.0. The number of pyridine rings is 1. The highest BCUT2D eigenvalue weighted by atomic mass is 35.5. The number of rotatable bonds is 8. The molecule has 0 radical (unpaired) electrons. The maximum Gasteiger partial charge on any atom is 0.411 e. The van der Waals surface area contributed by atoms with E-state index in [1.54, 1.807) is 79.0 Å². The Morgan fingerprint density at radius 1 is 0.975 bits per heavy atom. The SMILES string of the molecule is O=C(Nc1ccc(C2OC(=O)N(Cc3ccc(F)cc3)C2C(=O)NCc2ccccn2)cc1)c1cccc(Cl)c1. The molecule has 202 valence electrons. The van der Waals surface area contributed by atoms with Gasteiger partial charge in [0.15, 0.2) is 12.1 Å². The lowest BCUT2D eigenvalue weighted by atomic mass is 10.00. The van der Waals surface area contributed by atoms with E-state index >= 15 is 0 Å². The summed E-state index contributed by atoms with van der Waals surface area (Å²) >= 11 is 5.99. The average Bonchev–Trinajstić information content (AvgIpc) is 3.29. The van der Waals surface area contributed by atoms with Crippen LogP contribution in [0.2, 0.25) is 5.02 Å². The van der Waals surface area contributed by atoms with Gasteiger partial charge in [0.1, 0.15) is 5.82 Å². The van der Waals surface area contributed by atoms with Crippen LogP contribution in [0.1, 0.15) is 33.3 Å². The third-order valence-electron chi connectivity index (χ3n) is 6.37. The van der Waals surface area contributed by atoms with Crippen LogP contribution >= 0.6 is 11.6 Å². The minimum absolute atomic E-state index is 0.0467. The zero-order valence-corrected chi connectivity index (χ0v) is 21.8. The lowest BCUT2D eigenvalue weighted by molar-refractivity contribution is -0.126. The summed E-state index contributed by atoms with van der Waals surface area (Å²) in [4.78, 5) is 44.6. The molecule has 0 bridgehead atoms. The summed E-state index contributed by atoms with van der Waals surface area (Å²) in [6.07, 6.45) is 0.0278. The molecule has 2 N–H and O–H groups in total. The van der Waals surface area contributed by atoms with Gasteiger partial charge in [0.2, 0.25) is 5.91 Å². The molecule has 3 amide bonds. The number of benzene rings is 3. The number of nitrogens with one attached hydrogen (secondary N) is 2. The number of carbonyl (C=O) groups excluding carboxylic acids is 3. The molecule has 5 rings (SSSR count). The predicted molar refractivity (Wildman–Crippen MR) is 147 cm³/mol. The first-order chi connectivity index (χ1) is 19.4. The molecule has 0 spiro atoms. The van der Waals surface area contributed by atoms with E-state index in [2.05, 4.69) is 15.6 Å². The summed E-state index contributed by atoms with van der Waals surface area (Å²) in [6.45, 7) is 0.209. The molecular weight excluding hydrogens is 535 g/mol. The number of hydrogen-bond acceptors (Lipinski definition) is 5. The van der Waals surface area contributed by atoms with Crippen LogP contribution in [0.5, 0.6) is 0 Å². The Kier molecular flexibility index (Phi) is 8.02. The van der Waals surface area contributed by atoms with Gasteiger partial charge in [-0.1, -0.05) is 48.0 Å². The summed E-state index contributed by atoms with van der Waals surface area (Å²) in [5.74, 6) is -1.17. The Labute approximate surface area is 234 Å². The molecule has 1 fully saturated rings. The number of cyclic esters (lactones) is 1. The first-order valence-corrected chi connectivity index (χ1v) is 12.8. The Hall–Kier alpha value is -4.76. The first kappa shape index (κ1) is 26.8. The summed E-state index contributed by atoms with van der Waals surface area (Å²) in [6, 6.07) is 23.3. The van der Waals surface area contributed by atoms with Crippen LogP contribution in [-0.4, -0.2) is 33.8 Å². The van der Waals surface area contributed by atoms with Crippen LogP contribution in [-0.2, 0) is 22.6 Å². The molecule has 1 aliphatic heterocycles. The fourth-order valence-electron chi connectivity index (χ4n) is 4.37. The second-order valence-electron chi connectivity index (χ2n) is 9.13. The minimum Gasteiger partial charge on any atom is -0.438 e. The first-order valence-electron chi connectivity index (χ1n) is 12.4. The number of nitrogens with zero attached hydrogens (tertiary/aromatic N) is 2. The third-order valence-corrected chi connectivity index (χ3v) is 6.61. The largest absolute Gasteiger partial charge is 0.438 e. The summed E-state index contributed by atoms with van der Waals surface area (Å²) in [7, 11) is 0. The normalized spacial score (nSPS) is 16.4. The van der Waals surface area contributed by atoms with Crippen LogP contribution in [0.25, 0.3) is 0 Å². The van der Waals surface area contributed by atoms with E-state index in [1.807, 2.05) is 6.07 Å². The maximum atomic E-state index is 13.5. The Balaban J connectivity index is 1.36. The van der Waals surface area contributed by atoms with E-state index in [4.69, 9.17) is 16.3 Å². The van der Waals surface area contributed by atoms with Crippen molar-refractivity contribution in [1.82, 2.24) is 15.2 Å². The summed E-state index contributed by atoms with van der Waals surface area (Å²) in [5.41, 5.74) is 2.77. The molecule has 8 nitrogen and oxygen atoms in total. The minimum atomic E-state index is -1.01. The molecule has 40 heavy (non-hydrogen) atoms. The Morgan fingerprint density at radius 3 is 2.45 bits per heavy atom. The van der Waals surface area contributed by atoms with Crippen LogP contribution in [0, 0.1) is 5.82 Å². The van der Waals surface area contributed by atoms with Gasteiger partial charge < -0.3 is 15.4 Å². The lowest BCUT2D eigenvalue weighted by Crippen LogP contribution is -2.46. The number of amides is 3. The molecule has 4 aromatic rings. The summed E-state index contributed by atoms with van der Waals surface area (Å²) < 4.78 is 19.1. The number of anilines is 1. The van der Waals surface area contributed by atoms with E-state index in [9.17, 15) is 18.8 Å². The molecule has 2 heterocycles. The molecule has 3 aromatic carbocycles. The number of ether oxygens (including phenoxy) is 1. The van der Waals surface area contributed by atoms with Crippen molar-refractivity contribution in [2.24, 2.45) is 0 Å². The fourth-order valence-corrected chi connectivity index (χ4v) is 4.56. The van der Waals surface area contributed by atoms with Crippen molar-refractivity contribution in [3.63, 3.8) is 0 Å². The molecule has 2 unspecified atom stereocenters. The van der Waals surface area contributed by atoms with Crippen molar-refractivity contribution >= 4 is 35.2 Å². The molecule has 1 saturated heterocycles. The molecule has 1 aliphatic rings. The quantitative estimate of drug-likeness (QED) is 0.297. The third kappa shape index (κ3) is 6.27. The monoisotopic (exact) mass is 558 g/mol. The highest BCUT2D eigenvalue weighted by Gasteiger charge is 2.47. The maximum absolute atomic E-state index is 13.5. The molecular formula is C30H24ClFN4O4. The van der Waals surface area contributed by atoms with Crippen molar-refractivity contribution in [2.75, 3.05) is 5.32 Å². The zero-order chi connectivity index (χ0) is 28.1. The van der Waals surface area contributed by atoms with Crippen molar-refractivity contribution in [3.05, 3.63) is 130 Å². The van der Waals surface area contributed by atoms with Crippen LogP contribution in [0.4, 0.5) is 14.9 Å². The zero-order valence-electron chi connectivity index (χ0n) is 21.1. The average molecular weight is 559 g/mol. The number of halogens is 2. The van der Waals surface area contributed by atoms with Gasteiger partial charge in [-0.2, -0.15) is 0 Å². The van der Waals surface area contributed by atoms with Crippen LogP contribution in [0.3, 0.4) is 0 Å². The van der Waals surface area contributed by atoms with Crippen molar-refractivity contribution in [1.29, 1.82) is 0 Å². The molecule has 1 aromatic heterocycles. The Bertz CT molecular complexity index is 1520. The van der Waals surface area contributed by atoms with Gasteiger partial charge in [0.05, 0.1) is 18.8 Å². The van der Waals surface area contributed by atoms with Crippen molar-refractivity contribution in [3.8, 4) is 0 Å². The van der Waals surface area contributed by atoms with Gasteiger partial charge in [-0.05, 0) is 65.7 Å². The van der Waals surface area contributed by atoms with Gasteiger partial charge in [0.25, 0.3) is 5.91 Å². The summed E-state index contributed by atoms with van der Waals surface area (Å²) in [5, 5.41) is 6.09. The topological polar surface area (TPSA) is 101 Å². The predicted octanol–water partition coefficient (Wildman–Crippen LogP) is 5.50. The van der Waals surface area contributed by atoms with E-state index in [0.717, 1.165) is 0 Å². The molecule has 2 atom stereocenters. The second-order valence-corrected chi connectivity index (χ2v) is 9.57. The molecule has 0 aliphatic carbocycles. The van der Waals surface area contributed by atoms with E-state index < -0.39 is 30.0 Å². The van der Waals surface area contributed by atoms with Gasteiger partial charge in [-0.25, -0.2) is 9.18 Å². The fraction of sp³-hybridized carbons (Fsp3) is 0.133. The van der Waals surface area contributed by atoms with Crippen LogP contribution in [0.15, 0.2) is 97.2 Å². The highest BCUT2D eigenvalue weighted by Crippen LogP contribution is 2.34. The van der Waals surface area contributed by atoms with E-state index in [0.29, 0.717) is 33.1 Å². The standard InChI is InChI=1S/C30H24ClFN4O4/c31-22-5-3-4-21(16-22)28(37)35-24-13-9-20(10-14-24)27-26(29(38)34-17-25-6-1-2-15-33-25)36(30(39)40-27)18-19-7-11-23(32)12-8-19/h1-16,26-27H,17-18H2,(H,34,38)(H,35,37). The molecule has 0 saturated carbocycles. The van der Waals surface area contributed by atoms with Gasteiger partial charge in [-0.15, -0.1) is 0 Å². The highest BCUT2D eigenvalue weighted by molar-refractivity contribution is 6.31. The van der Waals surface area contributed by atoms with Crippen molar-refractivity contribution in [2.45, 2.75) is 25.2 Å². The van der Waals surface area contributed by atoms with E-state index in [-0.39, 0.29) is 19.0 Å². The smallest absolute Gasteiger partial charge is 0.411 e. The van der Waals surface area contributed by atoms with E-state index in [1.165, 1.54) is 17.0 Å². The van der Waals surface area contributed by atoms with Crippen molar-refractivity contribution < 1.29 is 23.5 Å². The van der Waals surface area contributed by atoms with Gasteiger partial charge in [-0.3, -0.25) is 19.5 Å².